The van der Waals surface area contributed by atoms with Gasteiger partial charge in [0, 0.05) is 11.1 Å². The Morgan fingerprint density at radius 3 is 2.27 bits per heavy atom. The largest absolute Gasteiger partial charge is 0.481 e. The maximum Gasteiger partial charge on any atom is 0.304 e. The van der Waals surface area contributed by atoms with Crippen LogP contribution < -0.4 is 0 Å². The van der Waals surface area contributed by atoms with Gasteiger partial charge in [-0.1, -0.05) is 44.5 Å². The van der Waals surface area contributed by atoms with Crippen LogP contribution in [-0.4, -0.2) is 47.3 Å². The van der Waals surface area contributed by atoms with E-state index >= 15 is 0 Å². The van der Waals surface area contributed by atoms with Crippen LogP contribution in [0.15, 0.2) is 24.3 Å². The number of carboxylic acid groups (broad SMARTS) is 1. The topological polar surface area (TPSA) is 91.8 Å². The summed E-state index contributed by atoms with van der Waals surface area (Å²) < 4.78 is 25.5. The molecule has 0 radical (unpaired) electrons. The van der Waals surface area contributed by atoms with Crippen molar-refractivity contribution >= 4 is 33.3 Å². The lowest BCUT2D eigenvalue weighted by Crippen LogP contribution is -2.57. The van der Waals surface area contributed by atoms with E-state index in [0.717, 1.165) is 5.56 Å². The summed E-state index contributed by atoms with van der Waals surface area (Å²) in [5.74, 6) is -1.61. The first-order valence-electron chi connectivity index (χ1n) is 10.3. The summed E-state index contributed by atoms with van der Waals surface area (Å²) in [7, 11) is -3.42. The molecule has 3 atom stereocenters. The van der Waals surface area contributed by atoms with Crippen LogP contribution in [0, 0.1) is 11.3 Å². The number of sulfone groups is 1. The fraction of sp³-hybridized carbons (Fsp3) is 0.636. The molecule has 1 saturated heterocycles. The number of aliphatic carboxylic acids is 1. The van der Waals surface area contributed by atoms with Crippen LogP contribution in [0.2, 0.25) is 5.02 Å². The van der Waals surface area contributed by atoms with Gasteiger partial charge < -0.3 is 10.0 Å². The van der Waals surface area contributed by atoms with Crippen molar-refractivity contribution in [2.75, 3.05) is 5.75 Å². The predicted octanol–water partition coefficient (Wildman–Crippen LogP) is 4.33. The van der Waals surface area contributed by atoms with Crippen molar-refractivity contribution in [3.8, 4) is 0 Å². The molecule has 1 amide bonds. The number of hydrogen-bond donors (Lipinski definition) is 1. The van der Waals surface area contributed by atoms with E-state index in [9.17, 15) is 23.1 Å². The van der Waals surface area contributed by atoms with E-state index in [-0.39, 0.29) is 30.0 Å². The Labute approximate surface area is 184 Å². The molecule has 1 aliphatic rings. The van der Waals surface area contributed by atoms with Crippen molar-refractivity contribution in [3.63, 3.8) is 0 Å². The van der Waals surface area contributed by atoms with Gasteiger partial charge in [0.25, 0.3) is 0 Å². The number of nitrogens with zero attached hydrogens (tertiary/aromatic N) is 1. The second-order valence-corrected chi connectivity index (χ2v) is 12.2. The van der Waals surface area contributed by atoms with Gasteiger partial charge in [0.1, 0.15) is 0 Å². The lowest BCUT2D eigenvalue weighted by atomic mass is 9.74. The number of carboxylic acids is 1. The first-order valence-corrected chi connectivity index (χ1v) is 12.4. The van der Waals surface area contributed by atoms with Crippen LogP contribution in [0.1, 0.15) is 65.5 Å². The van der Waals surface area contributed by atoms with Crippen LogP contribution in [0.4, 0.5) is 0 Å². The molecule has 0 spiro atoms. The molecule has 0 bridgehead atoms. The second-order valence-electron chi connectivity index (χ2n) is 9.14. The highest BCUT2D eigenvalue weighted by Gasteiger charge is 2.49. The van der Waals surface area contributed by atoms with Crippen LogP contribution in [0.3, 0.4) is 0 Å². The molecule has 0 aromatic heterocycles. The van der Waals surface area contributed by atoms with Gasteiger partial charge >= 0.3 is 5.97 Å². The van der Waals surface area contributed by atoms with Gasteiger partial charge in [-0.15, -0.1) is 0 Å². The van der Waals surface area contributed by atoms with Crippen molar-refractivity contribution in [1.82, 2.24) is 4.90 Å². The maximum absolute atomic E-state index is 13.7. The number of benzene rings is 1. The average Bonchev–Trinajstić information content (AvgIpc) is 2.62. The Morgan fingerprint density at radius 1 is 1.23 bits per heavy atom. The minimum Gasteiger partial charge on any atom is -0.481 e. The van der Waals surface area contributed by atoms with Crippen molar-refractivity contribution in [2.24, 2.45) is 11.3 Å². The van der Waals surface area contributed by atoms with E-state index in [1.54, 1.807) is 37.8 Å². The van der Waals surface area contributed by atoms with E-state index in [2.05, 4.69) is 0 Å². The Bertz CT molecular complexity index is 881. The minimum absolute atomic E-state index is 0.121. The van der Waals surface area contributed by atoms with E-state index in [0.29, 0.717) is 17.9 Å². The highest BCUT2D eigenvalue weighted by Crippen LogP contribution is 2.45. The second kappa shape index (κ2) is 9.27. The smallest absolute Gasteiger partial charge is 0.304 e. The lowest BCUT2D eigenvalue weighted by molar-refractivity contribution is -0.159. The molecule has 1 N–H and O–H groups in total. The van der Waals surface area contributed by atoms with E-state index in [1.807, 2.05) is 26.0 Å². The van der Waals surface area contributed by atoms with Crippen LogP contribution in [0.5, 0.6) is 0 Å². The molecule has 6 nitrogen and oxygen atoms in total. The van der Waals surface area contributed by atoms with E-state index in [4.69, 9.17) is 11.6 Å². The van der Waals surface area contributed by atoms with Gasteiger partial charge in [-0.25, -0.2) is 8.42 Å². The number of likely N-dealkylation sites (tertiary alicyclic amines) is 1. The fourth-order valence-corrected chi connectivity index (χ4v) is 5.60. The zero-order valence-electron chi connectivity index (χ0n) is 18.3. The molecule has 1 unspecified atom stereocenters. The number of rotatable bonds is 8. The molecule has 1 fully saturated rings. The molecule has 0 saturated carbocycles. The molecule has 0 aliphatic carbocycles. The number of carbonyl (C=O) groups excluding carboxylic acids is 1. The van der Waals surface area contributed by atoms with Crippen molar-refractivity contribution in [2.45, 2.75) is 71.2 Å². The first-order chi connectivity index (χ1) is 13.8. The van der Waals surface area contributed by atoms with E-state index in [1.165, 1.54) is 0 Å². The molecule has 2 rings (SSSR count). The molecule has 30 heavy (non-hydrogen) atoms. The van der Waals surface area contributed by atoms with Gasteiger partial charge in [-0.2, -0.15) is 0 Å². The number of halogens is 1. The predicted molar refractivity (Wildman–Crippen MR) is 118 cm³/mol. The summed E-state index contributed by atoms with van der Waals surface area (Å²) in [6.45, 7) is 8.74. The fourth-order valence-electron chi connectivity index (χ4n) is 4.07. The van der Waals surface area contributed by atoms with Gasteiger partial charge in [-0.3, -0.25) is 9.59 Å². The number of carbonyl (C=O) groups is 2. The molecule has 1 heterocycles. The summed E-state index contributed by atoms with van der Waals surface area (Å²) in [6, 6.07) is 6.31. The van der Waals surface area contributed by atoms with Gasteiger partial charge in [-0.05, 0) is 50.3 Å². The van der Waals surface area contributed by atoms with Gasteiger partial charge in [0.05, 0.1) is 28.9 Å². The Balaban J connectivity index is 2.56. The Hall–Kier alpha value is -1.60. The van der Waals surface area contributed by atoms with Gasteiger partial charge in [0.2, 0.25) is 5.91 Å². The highest BCUT2D eigenvalue weighted by atomic mass is 35.5. The summed E-state index contributed by atoms with van der Waals surface area (Å²) in [5.41, 5.74) is -0.193. The summed E-state index contributed by atoms with van der Waals surface area (Å²) in [4.78, 5) is 26.8. The number of piperidine rings is 1. The van der Waals surface area contributed by atoms with Crippen LogP contribution >= 0.6 is 11.6 Å². The summed E-state index contributed by atoms with van der Waals surface area (Å²) in [5, 5.41) is 9.39. The molecule has 168 valence electrons. The molecular weight excluding hydrogens is 426 g/mol. The molecule has 1 aromatic rings. The number of amides is 1. The summed E-state index contributed by atoms with van der Waals surface area (Å²) >= 11 is 6.03. The molecule has 8 heteroatoms. The van der Waals surface area contributed by atoms with Gasteiger partial charge in [0.15, 0.2) is 9.84 Å². The van der Waals surface area contributed by atoms with Crippen LogP contribution in [0.25, 0.3) is 0 Å². The monoisotopic (exact) mass is 457 g/mol. The Kier molecular flexibility index (Phi) is 7.62. The highest BCUT2D eigenvalue weighted by molar-refractivity contribution is 7.92. The third kappa shape index (κ3) is 5.35. The first kappa shape index (κ1) is 24.7. The average molecular weight is 458 g/mol. The Morgan fingerprint density at radius 2 is 1.80 bits per heavy atom. The standard InChI is InChI=1S/C22H32ClNO5S/c1-14(2)19(13-30(28,29)15(3)4)24-18(16-6-8-17(23)9-7-16)10-11-22(5,21(24)27)12-20(25)26/h6-9,14-15,18-19H,10-13H2,1-5H3,(H,25,26)/t18-,19?,22+/m0/s1. The number of hydrogen-bond acceptors (Lipinski definition) is 4. The SMILES string of the molecule is CC(C)C(CS(=O)(=O)C(C)C)N1C(=O)[C@@](C)(CC(=O)O)CC[C@H]1c1ccc(Cl)cc1. The third-order valence-electron chi connectivity index (χ3n) is 6.10. The minimum atomic E-state index is -3.42. The van der Waals surface area contributed by atoms with Crippen molar-refractivity contribution in [3.05, 3.63) is 34.9 Å². The van der Waals surface area contributed by atoms with Crippen molar-refractivity contribution in [1.29, 1.82) is 0 Å². The van der Waals surface area contributed by atoms with Crippen molar-refractivity contribution < 1.29 is 23.1 Å². The van der Waals surface area contributed by atoms with Crippen LogP contribution in [-0.2, 0) is 19.4 Å². The van der Waals surface area contributed by atoms with E-state index < -0.39 is 32.5 Å². The zero-order chi connectivity index (χ0) is 22.9. The molecule has 1 aliphatic heterocycles. The maximum atomic E-state index is 13.7. The third-order valence-corrected chi connectivity index (χ3v) is 8.60. The molecule has 1 aromatic carbocycles. The normalized spacial score (nSPS) is 23.8. The summed E-state index contributed by atoms with van der Waals surface area (Å²) in [6.07, 6.45) is 0.698. The quantitative estimate of drug-likeness (QED) is 0.627. The zero-order valence-corrected chi connectivity index (χ0v) is 19.8. The lowest BCUT2D eigenvalue weighted by Gasteiger charge is -2.49. The molecular formula is C22H32ClNO5S.